The highest BCUT2D eigenvalue weighted by atomic mass is 16.3. The Labute approximate surface area is 143 Å². The Morgan fingerprint density at radius 3 is 2.46 bits per heavy atom. The Morgan fingerprint density at radius 2 is 1.92 bits per heavy atom. The van der Waals surface area contributed by atoms with E-state index >= 15 is 0 Å². The minimum Gasteiger partial charge on any atom is -0.394 e. The van der Waals surface area contributed by atoms with Gasteiger partial charge in [0.1, 0.15) is 0 Å². The van der Waals surface area contributed by atoms with Gasteiger partial charge in [-0.3, -0.25) is 9.59 Å². The van der Waals surface area contributed by atoms with Crippen LogP contribution < -0.4 is 5.32 Å². The number of hydrogen-bond donors (Lipinski definition) is 2. The molecule has 130 valence electrons. The fraction of sp³-hybridized carbons (Fsp3) is 0.579. The molecule has 1 aliphatic heterocycles. The van der Waals surface area contributed by atoms with E-state index in [1.165, 1.54) is 0 Å². The van der Waals surface area contributed by atoms with E-state index in [-0.39, 0.29) is 42.3 Å². The van der Waals surface area contributed by atoms with E-state index in [2.05, 4.69) is 5.32 Å². The van der Waals surface area contributed by atoms with E-state index < -0.39 is 0 Å². The Bertz CT molecular complexity index is 586. The van der Waals surface area contributed by atoms with Crippen molar-refractivity contribution in [3.05, 3.63) is 35.9 Å². The van der Waals surface area contributed by atoms with E-state index in [9.17, 15) is 14.7 Å². The first-order chi connectivity index (χ1) is 11.7. The van der Waals surface area contributed by atoms with Crippen LogP contribution in [0.15, 0.2) is 30.3 Å². The number of benzene rings is 1. The lowest BCUT2D eigenvalue weighted by Crippen LogP contribution is -2.69. The Kier molecular flexibility index (Phi) is 5.19. The minimum atomic E-state index is -0.191. The standard InChI is InChI=1S/C19H26N2O3/c1-2-17(23)20-11-15-18(13-7-4-3-5-8-13)16(12-22)21(15)19(24)14-9-6-10-14/h3-5,7-8,14-16,18,22H,2,6,9-12H2,1H3,(H,20,23)/t15-,16+,18+/m0/s1. The number of rotatable bonds is 6. The molecule has 2 amide bonds. The molecule has 2 aliphatic rings. The molecule has 1 saturated carbocycles. The highest BCUT2D eigenvalue weighted by Crippen LogP contribution is 2.43. The first-order valence-corrected chi connectivity index (χ1v) is 8.92. The molecule has 5 nitrogen and oxygen atoms in total. The van der Waals surface area contributed by atoms with Crippen molar-refractivity contribution in [2.24, 2.45) is 5.92 Å². The van der Waals surface area contributed by atoms with Gasteiger partial charge in [-0.05, 0) is 18.4 Å². The van der Waals surface area contributed by atoms with Crippen LogP contribution in [0.1, 0.15) is 44.1 Å². The summed E-state index contributed by atoms with van der Waals surface area (Å²) >= 11 is 0. The van der Waals surface area contributed by atoms with Crippen LogP contribution in [-0.4, -0.2) is 47.1 Å². The smallest absolute Gasteiger partial charge is 0.226 e. The Hall–Kier alpha value is -1.88. The molecule has 1 aliphatic carbocycles. The van der Waals surface area contributed by atoms with Crippen molar-refractivity contribution in [2.45, 2.75) is 50.6 Å². The van der Waals surface area contributed by atoms with Crippen molar-refractivity contribution < 1.29 is 14.7 Å². The van der Waals surface area contributed by atoms with Crippen molar-refractivity contribution in [2.75, 3.05) is 13.2 Å². The molecule has 1 saturated heterocycles. The SMILES string of the molecule is CCC(=O)NC[C@H]1[C@@H](c2ccccc2)[C@@H](CO)N1C(=O)C1CCC1. The van der Waals surface area contributed by atoms with Gasteiger partial charge in [-0.2, -0.15) is 0 Å². The first-order valence-electron chi connectivity index (χ1n) is 8.92. The largest absolute Gasteiger partial charge is 0.394 e. The molecule has 1 aromatic rings. The molecule has 2 fully saturated rings. The van der Waals surface area contributed by atoms with Crippen molar-refractivity contribution in [3.8, 4) is 0 Å². The Balaban J connectivity index is 1.80. The third-order valence-corrected chi connectivity index (χ3v) is 5.45. The molecule has 0 unspecified atom stereocenters. The maximum atomic E-state index is 12.8. The lowest BCUT2D eigenvalue weighted by atomic mass is 9.72. The zero-order valence-corrected chi connectivity index (χ0v) is 14.1. The van der Waals surface area contributed by atoms with Gasteiger partial charge in [0.2, 0.25) is 11.8 Å². The quantitative estimate of drug-likeness (QED) is 0.833. The van der Waals surface area contributed by atoms with Crippen LogP contribution in [0, 0.1) is 5.92 Å². The molecule has 1 aromatic carbocycles. The van der Waals surface area contributed by atoms with Crippen LogP contribution in [0.2, 0.25) is 0 Å². The molecule has 3 atom stereocenters. The van der Waals surface area contributed by atoms with E-state index in [4.69, 9.17) is 0 Å². The normalized spacial score (nSPS) is 26.4. The monoisotopic (exact) mass is 330 g/mol. The van der Waals surface area contributed by atoms with E-state index in [1.54, 1.807) is 0 Å². The predicted molar refractivity (Wildman–Crippen MR) is 91.3 cm³/mol. The molecular formula is C19H26N2O3. The van der Waals surface area contributed by atoms with Crippen molar-refractivity contribution in [1.29, 1.82) is 0 Å². The van der Waals surface area contributed by atoms with Crippen molar-refractivity contribution in [1.82, 2.24) is 10.2 Å². The molecule has 0 radical (unpaired) electrons. The third-order valence-electron chi connectivity index (χ3n) is 5.45. The Morgan fingerprint density at radius 1 is 1.21 bits per heavy atom. The summed E-state index contributed by atoms with van der Waals surface area (Å²) in [5.74, 6) is 0.297. The lowest BCUT2D eigenvalue weighted by molar-refractivity contribution is -0.158. The van der Waals surface area contributed by atoms with Gasteiger partial charge in [0.15, 0.2) is 0 Å². The summed E-state index contributed by atoms with van der Waals surface area (Å²) in [6, 6.07) is 9.71. The van der Waals surface area contributed by atoms with E-state index in [1.807, 2.05) is 42.2 Å². The van der Waals surface area contributed by atoms with Gasteiger partial charge < -0.3 is 15.3 Å². The number of aliphatic hydroxyl groups is 1. The second-order valence-corrected chi connectivity index (χ2v) is 6.78. The fourth-order valence-electron chi connectivity index (χ4n) is 3.83. The summed E-state index contributed by atoms with van der Waals surface area (Å²) in [6.07, 6.45) is 3.42. The second-order valence-electron chi connectivity index (χ2n) is 6.78. The second kappa shape index (κ2) is 7.34. The minimum absolute atomic E-state index is 0.00898. The van der Waals surface area contributed by atoms with E-state index in [0.29, 0.717) is 13.0 Å². The first kappa shape index (κ1) is 17.0. The molecule has 0 spiro atoms. The van der Waals surface area contributed by atoms with E-state index in [0.717, 1.165) is 24.8 Å². The number of nitrogens with zero attached hydrogens (tertiary/aromatic N) is 1. The zero-order chi connectivity index (χ0) is 17.1. The maximum absolute atomic E-state index is 12.8. The lowest BCUT2D eigenvalue weighted by Gasteiger charge is -2.56. The maximum Gasteiger partial charge on any atom is 0.226 e. The molecule has 3 rings (SSSR count). The van der Waals surface area contributed by atoms with Crippen molar-refractivity contribution in [3.63, 3.8) is 0 Å². The number of nitrogens with one attached hydrogen (secondary N) is 1. The van der Waals surface area contributed by atoms with Crippen LogP contribution in [-0.2, 0) is 9.59 Å². The van der Waals surface area contributed by atoms with Gasteiger partial charge in [0.05, 0.1) is 18.7 Å². The average Bonchev–Trinajstić information content (AvgIpc) is 2.53. The van der Waals surface area contributed by atoms with Gasteiger partial charge in [-0.25, -0.2) is 0 Å². The predicted octanol–water partition coefficient (Wildman–Crippen LogP) is 1.67. The fourth-order valence-corrected chi connectivity index (χ4v) is 3.83. The molecule has 24 heavy (non-hydrogen) atoms. The average molecular weight is 330 g/mol. The molecule has 0 aromatic heterocycles. The van der Waals surface area contributed by atoms with Gasteiger partial charge in [0, 0.05) is 24.8 Å². The summed E-state index contributed by atoms with van der Waals surface area (Å²) in [7, 11) is 0. The van der Waals surface area contributed by atoms with Gasteiger partial charge in [-0.1, -0.05) is 43.7 Å². The summed E-state index contributed by atoms with van der Waals surface area (Å²) in [5.41, 5.74) is 1.12. The van der Waals surface area contributed by atoms with Gasteiger partial charge in [0.25, 0.3) is 0 Å². The molecule has 1 heterocycles. The molecule has 2 N–H and O–H groups in total. The summed E-state index contributed by atoms with van der Waals surface area (Å²) in [5, 5.41) is 12.8. The van der Waals surface area contributed by atoms with Crippen LogP contribution >= 0.6 is 0 Å². The zero-order valence-electron chi connectivity index (χ0n) is 14.1. The summed E-state index contributed by atoms with van der Waals surface area (Å²) < 4.78 is 0. The third kappa shape index (κ3) is 3.05. The van der Waals surface area contributed by atoms with Gasteiger partial charge in [-0.15, -0.1) is 0 Å². The topological polar surface area (TPSA) is 69.6 Å². The van der Waals surface area contributed by atoms with Gasteiger partial charge >= 0.3 is 0 Å². The number of likely N-dealkylation sites (tertiary alicyclic amines) is 1. The number of carbonyl (C=O) groups excluding carboxylic acids is 2. The summed E-state index contributed by atoms with van der Waals surface area (Å²) in [4.78, 5) is 26.3. The highest BCUT2D eigenvalue weighted by Gasteiger charge is 2.52. The van der Waals surface area contributed by atoms with Crippen LogP contribution in [0.25, 0.3) is 0 Å². The summed E-state index contributed by atoms with van der Waals surface area (Å²) in [6.45, 7) is 2.22. The molecular weight excluding hydrogens is 304 g/mol. The molecule has 0 bridgehead atoms. The van der Waals surface area contributed by atoms with Crippen LogP contribution in [0.4, 0.5) is 0 Å². The number of hydrogen-bond acceptors (Lipinski definition) is 3. The van der Waals surface area contributed by atoms with Crippen LogP contribution in [0.3, 0.4) is 0 Å². The highest BCUT2D eigenvalue weighted by molar-refractivity contribution is 5.82. The number of carbonyl (C=O) groups is 2. The van der Waals surface area contributed by atoms with Crippen molar-refractivity contribution >= 4 is 11.8 Å². The van der Waals surface area contributed by atoms with Crippen LogP contribution in [0.5, 0.6) is 0 Å². The number of amides is 2. The molecule has 5 heteroatoms. The number of aliphatic hydroxyl groups excluding tert-OH is 1.